The molecule has 1 aliphatic heterocycles. The Kier molecular flexibility index (Phi) is 4.40. The highest BCUT2D eigenvalue weighted by molar-refractivity contribution is 5.87. The number of nitrogens with zero attached hydrogens (tertiary/aromatic N) is 3. The number of aromatic nitrogens is 2. The smallest absolute Gasteiger partial charge is 0.374 e. The van der Waals surface area contributed by atoms with Crippen molar-refractivity contribution in [2.24, 2.45) is 0 Å². The summed E-state index contributed by atoms with van der Waals surface area (Å²) in [5.41, 5.74) is 3.02. The van der Waals surface area contributed by atoms with Gasteiger partial charge in [0.05, 0.1) is 31.0 Å². The summed E-state index contributed by atoms with van der Waals surface area (Å²) >= 11 is 0. The Morgan fingerprint density at radius 1 is 1.41 bits per heavy atom. The SMILES string of the molecule is CCOC(=O)c1nc(CN2CCOCC2)c2c(C)cccn12. The van der Waals surface area contributed by atoms with Crippen LogP contribution in [0.1, 0.15) is 28.8 Å². The van der Waals surface area contributed by atoms with Gasteiger partial charge in [0, 0.05) is 25.8 Å². The van der Waals surface area contributed by atoms with Crippen LogP contribution in [0.25, 0.3) is 5.52 Å². The Bertz CT molecular complexity index is 675. The van der Waals surface area contributed by atoms with E-state index < -0.39 is 0 Å². The molecule has 0 aliphatic carbocycles. The van der Waals surface area contributed by atoms with Crippen LogP contribution in [0, 0.1) is 6.92 Å². The van der Waals surface area contributed by atoms with Crippen LogP contribution in [0.2, 0.25) is 0 Å². The van der Waals surface area contributed by atoms with E-state index in [0.717, 1.165) is 49.6 Å². The Hall–Kier alpha value is -1.92. The van der Waals surface area contributed by atoms with E-state index in [-0.39, 0.29) is 5.97 Å². The van der Waals surface area contributed by atoms with E-state index in [4.69, 9.17) is 9.47 Å². The second-order valence-electron chi connectivity index (χ2n) is 5.40. The predicted molar refractivity (Wildman–Crippen MR) is 82.0 cm³/mol. The van der Waals surface area contributed by atoms with E-state index in [9.17, 15) is 4.79 Å². The number of morpholine rings is 1. The summed E-state index contributed by atoms with van der Waals surface area (Å²) in [6.07, 6.45) is 1.87. The monoisotopic (exact) mass is 303 g/mol. The van der Waals surface area contributed by atoms with Crippen LogP contribution in [-0.4, -0.2) is 53.2 Å². The third-order valence-corrected chi connectivity index (χ3v) is 3.87. The number of ether oxygens (including phenoxy) is 2. The van der Waals surface area contributed by atoms with Gasteiger partial charge in [-0.1, -0.05) is 6.07 Å². The second-order valence-corrected chi connectivity index (χ2v) is 5.40. The first kappa shape index (κ1) is 15.0. The Balaban J connectivity index is 1.99. The number of esters is 1. The Morgan fingerprint density at radius 2 is 2.18 bits per heavy atom. The molecule has 6 heteroatoms. The van der Waals surface area contributed by atoms with Crippen molar-refractivity contribution in [3.8, 4) is 0 Å². The van der Waals surface area contributed by atoms with Crippen LogP contribution in [0.4, 0.5) is 0 Å². The van der Waals surface area contributed by atoms with Crippen LogP contribution >= 0.6 is 0 Å². The molecule has 0 N–H and O–H groups in total. The van der Waals surface area contributed by atoms with Crippen LogP contribution in [-0.2, 0) is 16.0 Å². The number of hydrogen-bond donors (Lipinski definition) is 0. The Labute approximate surface area is 129 Å². The van der Waals surface area contributed by atoms with Crippen molar-refractivity contribution in [3.63, 3.8) is 0 Å². The van der Waals surface area contributed by atoms with Crippen LogP contribution in [0.5, 0.6) is 0 Å². The normalized spacial score (nSPS) is 16.1. The van der Waals surface area contributed by atoms with Crippen LogP contribution < -0.4 is 0 Å². The number of fused-ring (bicyclic) bond motifs is 1. The molecular weight excluding hydrogens is 282 g/mol. The third-order valence-electron chi connectivity index (χ3n) is 3.87. The molecule has 118 valence electrons. The number of imidazole rings is 1. The van der Waals surface area contributed by atoms with E-state index in [1.165, 1.54) is 0 Å². The fourth-order valence-electron chi connectivity index (χ4n) is 2.82. The van der Waals surface area contributed by atoms with E-state index in [1.807, 2.05) is 29.7 Å². The van der Waals surface area contributed by atoms with E-state index in [2.05, 4.69) is 9.88 Å². The Morgan fingerprint density at radius 3 is 2.91 bits per heavy atom. The van der Waals surface area contributed by atoms with Gasteiger partial charge < -0.3 is 9.47 Å². The van der Waals surface area contributed by atoms with Crippen molar-refractivity contribution in [2.75, 3.05) is 32.9 Å². The van der Waals surface area contributed by atoms with Crippen molar-refractivity contribution in [3.05, 3.63) is 35.4 Å². The molecule has 2 aromatic heterocycles. The molecule has 0 amide bonds. The fraction of sp³-hybridized carbons (Fsp3) is 0.500. The van der Waals surface area contributed by atoms with Gasteiger partial charge in [-0.25, -0.2) is 9.78 Å². The van der Waals surface area contributed by atoms with Gasteiger partial charge in [0.2, 0.25) is 5.82 Å². The quantitative estimate of drug-likeness (QED) is 0.804. The molecule has 0 aromatic carbocycles. The molecule has 1 fully saturated rings. The number of carbonyl (C=O) groups excluding carboxylic acids is 1. The lowest BCUT2D eigenvalue weighted by Gasteiger charge is -2.25. The van der Waals surface area contributed by atoms with Gasteiger partial charge in [-0.05, 0) is 25.5 Å². The average molecular weight is 303 g/mol. The van der Waals surface area contributed by atoms with Gasteiger partial charge in [0.25, 0.3) is 0 Å². The molecule has 1 saturated heterocycles. The summed E-state index contributed by atoms with van der Waals surface area (Å²) < 4.78 is 12.3. The number of carbonyl (C=O) groups is 1. The fourth-order valence-corrected chi connectivity index (χ4v) is 2.82. The highest BCUT2D eigenvalue weighted by Crippen LogP contribution is 2.20. The first-order valence-electron chi connectivity index (χ1n) is 7.64. The number of hydrogen-bond acceptors (Lipinski definition) is 5. The lowest BCUT2D eigenvalue weighted by molar-refractivity contribution is 0.0337. The summed E-state index contributed by atoms with van der Waals surface area (Å²) in [6.45, 7) is 8.17. The van der Waals surface area contributed by atoms with Gasteiger partial charge in [0.1, 0.15) is 0 Å². The molecule has 0 saturated carbocycles. The van der Waals surface area contributed by atoms with Crippen molar-refractivity contribution >= 4 is 11.5 Å². The molecule has 0 radical (unpaired) electrons. The van der Waals surface area contributed by atoms with E-state index in [0.29, 0.717) is 12.4 Å². The van der Waals surface area contributed by atoms with Crippen molar-refractivity contribution in [1.82, 2.24) is 14.3 Å². The first-order chi connectivity index (χ1) is 10.7. The van der Waals surface area contributed by atoms with Crippen LogP contribution in [0.3, 0.4) is 0 Å². The first-order valence-corrected chi connectivity index (χ1v) is 7.64. The minimum absolute atomic E-state index is 0.346. The van der Waals surface area contributed by atoms with Crippen LogP contribution in [0.15, 0.2) is 18.3 Å². The minimum atomic E-state index is -0.378. The lowest BCUT2D eigenvalue weighted by atomic mass is 10.2. The maximum atomic E-state index is 12.1. The van der Waals surface area contributed by atoms with Crippen molar-refractivity contribution in [1.29, 1.82) is 0 Å². The third kappa shape index (κ3) is 2.84. The molecule has 22 heavy (non-hydrogen) atoms. The molecule has 0 bridgehead atoms. The summed E-state index contributed by atoms with van der Waals surface area (Å²) in [5, 5.41) is 0. The van der Waals surface area contributed by atoms with Gasteiger partial charge >= 0.3 is 5.97 Å². The highest BCUT2D eigenvalue weighted by Gasteiger charge is 2.21. The zero-order chi connectivity index (χ0) is 15.5. The number of rotatable bonds is 4. The molecule has 0 unspecified atom stereocenters. The highest BCUT2D eigenvalue weighted by atomic mass is 16.5. The molecule has 1 aliphatic rings. The maximum absolute atomic E-state index is 12.1. The molecule has 0 spiro atoms. The van der Waals surface area contributed by atoms with Gasteiger partial charge in [0.15, 0.2) is 0 Å². The largest absolute Gasteiger partial charge is 0.460 e. The molecule has 0 atom stereocenters. The summed E-state index contributed by atoms with van der Waals surface area (Å²) in [4.78, 5) is 19.0. The summed E-state index contributed by atoms with van der Waals surface area (Å²) in [7, 11) is 0. The maximum Gasteiger partial charge on any atom is 0.374 e. The van der Waals surface area contributed by atoms with E-state index >= 15 is 0 Å². The summed E-state index contributed by atoms with van der Waals surface area (Å²) in [6, 6.07) is 3.96. The predicted octanol–water partition coefficient (Wildman–Crippen LogP) is 1.65. The zero-order valence-corrected chi connectivity index (χ0v) is 13.0. The topological polar surface area (TPSA) is 56.1 Å². The molecule has 2 aromatic rings. The zero-order valence-electron chi connectivity index (χ0n) is 13.0. The van der Waals surface area contributed by atoms with Gasteiger partial charge in [-0.2, -0.15) is 0 Å². The number of pyridine rings is 1. The second kappa shape index (κ2) is 6.46. The number of aryl methyl sites for hydroxylation is 1. The van der Waals surface area contributed by atoms with E-state index in [1.54, 1.807) is 6.92 Å². The van der Waals surface area contributed by atoms with Gasteiger partial charge in [-0.3, -0.25) is 9.30 Å². The molecular formula is C16H21N3O3. The van der Waals surface area contributed by atoms with Crippen molar-refractivity contribution in [2.45, 2.75) is 20.4 Å². The van der Waals surface area contributed by atoms with Crippen molar-refractivity contribution < 1.29 is 14.3 Å². The standard InChI is InChI=1S/C16H21N3O3/c1-3-22-16(20)15-17-13(11-18-7-9-21-10-8-18)14-12(2)5-4-6-19(14)15/h4-6H,3,7-11H2,1-2H3. The lowest BCUT2D eigenvalue weighted by Crippen LogP contribution is -2.35. The summed E-state index contributed by atoms with van der Waals surface area (Å²) in [5.74, 6) is -0.0277. The van der Waals surface area contributed by atoms with Gasteiger partial charge in [-0.15, -0.1) is 0 Å². The molecule has 6 nitrogen and oxygen atoms in total. The average Bonchev–Trinajstić information content (AvgIpc) is 2.89. The molecule has 3 rings (SSSR count). The molecule has 3 heterocycles. The minimum Gasteiger partial charge on any atom is -0.460 e.